The second kappa shape index (κ2) is 9.69. The maximum Gasteiger partial charge on any atom is 0.414 e. The van der Waals surface area contributed by atoms with Gasteiger partial charge < -0.3 is 29.2 Å². The number of anilines is 2. The largest absolute Gasteiger partial charge is 0.486 e. The van der Waals surface area contributed by atoms with Crippen LogP contribution in [0.3, 0.4) is 0 Å². The van der Waals surface area contributed by atoms with E-state index in [2.05, 4.69) is 20.2 Å². The molecule has 3 aliphatic heterocycles. The fourth-order valence-corrected chi connectivity index (χ4v) is 5.06. The predicted octanol–water partition coefficient (Wildman–Crippen LogP) is 2.99. The van der Waals surface area contributed by atoms with Crippen molar-refractivity contribution in [3.8, 4) is 17.4 Å². The van der Waals surface area contributed by atoms with Crippen molar-refractivity contribution in [2.75, 3.05) is 56.3 Å². The number of aromatic nitrogens is 2. The Hall–Kier alpha value is -3.79. The lowest BCUT2D eigenvalue weighted by Crippen LogP contribution is -2.48. The van der Waals surface area contributed by atoms with Gasteiger partial charge in [0.05, 0.1) is 30.5 Å². The van der Waals surface area contributed by atoms with Crippen molar-refractivity contribution < 1.29 is 23.7 Å². The predicted molar refractivity (Wildman–Crippen MR) is 134 cm³/mol. The maximum atomic E-state index is 12.6. The van der Waals surface area contributed by atoms with E-state index in [0.29, 0.717) is 43.7 Å². The van der Waals surface area contributed by atoms with Crippen LogP contribution in [-0.4, -0.2) is 74.7 Å². The summed E-state index contributed by atoms with van der Waals surface area (Å²) in [4.78, 5) is 25.7. The van der Waals surface area contributed by atoms with Gasteiger partial charge in [-0.15, -0.1) is 0 Å². The first-order valence-electron chi connectivity index (χ1n) is 12.3. The van der Waals surface area contributed by atoms with Gasteiger partial charge in [0.15, 0.2) is 11.5 Å². The number of ether oxygens (including phenoxy) is 4. The van der Waals surface area contributed by atoms with Gasteiger partial charge in [0.1, 0.15) is 24.8 Å². The van der Waals surface area contributed by atoms with Gasteiger partial charge in [0.2, 0.25) is 5.88 Å². The zero-order valence-corrected chi connectivity index (χ0v) is 20.2. The van der Waals surface area contributed by atoms with Crippen molar-refractivity contribution in [3.63, 3.8) is 0 Å². The second-order valence-electron chi connectivity index (χ2n) is 9.19. The van der Waals surface area contributed by atoms with Gasteiger partial charge in [0.25, 0.3) is 0 Å². The number of fused-ring (bicyclic) bond motifs is 2. The standard InChI is InChI=1S/C26H29N5O5/c1-33-24-7-5-20-25(29-24)21(8-9-27-20)30-10-2-3-17(15-30)28-14-19-16-31(26(32)36-19)18-4-6-22-23(13-18)35-12-11-34-22/h4-9,13,17,19,28H,2-3,10-12,14-16H2,1H3/t17?,19-/m1/s1. The molecule has 1 amide bonds. The van der Waals surface area contributed by atoms with E-state index in [0.717, 1.165) is 48.3 Å². The molecule has 0 radical (unpaired) electrons. The molecule has 0 spiro atoms. The normalized spacial score (nSPS) is 21.5. The van der Waals surface area contributed by atoms with Gasteiger partial charge in [-0.1, -0.05) is 0 Å². The first-order valence-corrected chi connectivity index (χ1v) is 12.3. The number of hydrogen-bond acceptors (Lipinski definition) is 9. The van der Waals surface area contributed by atoms with Crippen LogP contribution in [0.15, 0.2) is 42.6 Å². The van der Waals surface area contributed by atoms with Crippen LogP contribution in [0.5, 0.6) is 17.4 Å². The number of nitrogens with zero attached hydrogens (tertiary/aromatic N) is 4. The molecule has 1 unspecified atom stereocenters. The monoisotopic (exact) mass is 491 g/mol. The first-order chi connectivity index (χ1) is 17.7. The molecular weight excluding hydrogens is 462 g/mol. The van der Waals surface area contributed by atoms with E-state index in [1.807, 2.05) is 42.6 Å². The van der Waals surface area contributed by atoms with E-state index in [4.69, 9.17) is 18.9 Å². The summed E-state index contributed by atoms with van der Waals surface area (Å²) >= 11 is 0. The van der Waals surface area contributed by atoms with Crippen LogP contribution in [0.2, 0.25) is 0 Å². The van der Waals surface area contributed by atoms with Crippen molar-refractivity contribution >= 4 is 28.5 Å². The third-order valence-electron chi connectivity index (χ3n) is 6.85. The number of benzene rings is 1. The van der Waals surface area contributed by atoms with Crippen LogP contribution in [0.25, 0.3) is 11.0 Å². The maximum absolute atomic E-state index is 12.6. The van der Waals surface area contributed by atoms with Crippen LogP contribution < -0.4 is 29.3 Å². The Bertz CT molecular complexity index is 1270. The summed E-state index contributed by atoms with van der Waals surface area (Å²) in [7, 11) is 1.62. The molecule has 0 saturated carbocycles. The molecule has 3 aromatic rings. The molecule has 36 heavy (non-hydrogen) atoms. The van der Waals surface area contributed by atoms with Gasteiger partial charge in [-0.25, -0.2) is 9.78 Å². The Morgan fingerprint density at radius 3 is 2.89 bits per heavy atom. The minimum absolute atomic E-state index is 0.228. The summed E-state index contributed by atoms with van der Waals surface area (Å²) in [5, 5.41) is 3.63. The lowest BCUT2D eigenvalue weighted by molar-refractivity contribution is 0.137. The Balaban J connectivity index is 1.09. The van der Waals surface area contributed by atoms with Crippen molar-refractivity contribution in [2.24, 2.45) is 0 Å². The average molecular weight is 492 g/mol. The number of hydrogen-bond donors (Lipinski definition) is 1. The number of methoxy groups -OCH3 is 1. The Kier molecular flexibility index (Phi) is 6.10. The van der Waals surface area contributed by atoms with Crippen LogP contribution in [0.1, 0.15) is 12.8 Å². The second-order valence-corrected chi connectivity index (χ2v) is 9.19. The van der Waals surface area contributed by atoms with Crippen molar-refractivity contribution in [1.29, 1.82) is 0 Å². The number of carbonyl (C=O) groups is 1. The minimum atomic E-state index is -0.341. The Morgan fingerprint density at radius 2 is 2.00 bits per heavy atom. The van der Waals surface area contributed by atoms with Gasteiger partial charge in [-0.05, 0) is 37.1 Å². The molecule has 3 aliphatic rings. The molecular formula is C26H29N5O5. The molecule has 1 N–H and O–H groups in total. The summed E-state index contributed by atoms with van der Waals surface area (Å²) in [5.41, 5.74) is 3.50. The Morgan fingerprint density at radius 1 is 1.11 bits per heavy atom. The SMILES string of the molecule is COc1ccc2nccc(N3CCCC(NC[C@@H]4CN(c5ccc6c(c5)OCCO6)C(=O)O4)C3)c2n1. The lowest BCUT2D eigenvalue weighted by Gasteiger charge is -2.35. The molecule has 2 atom stereocenters. The van der Waals surface area contributed by atoms with Gasteiger partial charge in [-0.2, -0.15) is 0 Å². The topological polar surface area (TPSA) is 98.3 Å². The number of pyridine rings is 2. The highest BCUT2D eigenvalue weighted by molar-refractivity contribution is 5.90. The summed E-state index contributed by atoms with van der Waals surface area (Å²) < 4.78 is 22.2. The quantitative estimate of drug-likeness (QED) is 0.558. The molecule has 10 nitrogen and oxygen atoms in total. The molecule has 188 valence electrons. The third-order valence-corrected chi connectivity index (χ3v) is 6.85. The third kappa shape index (κ3) is 4.44. The molecule has 0 aliphatic carbocycles. The molecule has 5 heterocycles. The highest BCUT2D eigenvalue weighted by Crippen LogP contribution is 2.35. The highest BCUT2D eigenvalue weighted by atomic mass is 16.6. The smallest absolute Gasteiger partial charge is 0.414 e. The summed E-state index contributed by atoms with van der Waals surface area (Å²) in [5.74, 6) is 1.94. The zero-order chi connectivity index (χ0) is 24.5. The van der Waals surface area contributed by atoms with Crippen molar-refractivity contribution in [1.82, 2.24) is 15.3 Å². The molecule has 6 rings (SSSR count). The highest BCUT2D eigenvalue weighted by Gasteiger charge is 2.34. The molecule has 1 aromatic carbocycles. The zero-order valence-electron chi connectivity index (χ0n) is 20.2. The number of carbonyl (C=O) groups excluding carboxylic acids is 1. The first kappa shape index (κ1) is 22.7. The molecule has 2 fully saturated rings. The molecule has 2 aromatic heterocycles. The van der Waals surface area contributed by atoms with E-state index in [1.54, 1.807) is 12.0 Å². The van der Waals surface area contributed by atoms with E-state index in [-0.39, 0.29) is 18.2 Å². The Labute approximate surface area is 209 Å². The number of nitrogens with one attached hydrogen (secondary N) is 1. The van der Waals surface area contributed by atoms with E-state index < -0.39 is 0 Å². The molecule has 0 bridgehead atoms. The fraction of sp³-hybridized carbons (Fsp3) is 0.423. The van der Waals surface area contributed by atoms with E-state index in [9.17, 15) is 4.79 Å². The van der Waals surface area contributed by atoms with Crippen LogP contribution >= 0.6 is 0 Å². The number of piperidine rings is 1. The van der Waals surface area contributed by atoms with E-state index >= 15 is 0 Å². The number of cyclic esters (lactones) is 1. The van der Waals surface area contributed by atoms with Gasteiger partial charge in [0, 0.05) is 44.0 Å². The summed E-state index contributed by atoms with van der Waals surface area (Å²) in [6, 6.07) is 11.6. The summed E-state index contributed by atoms with van der Waals surface area (Å²) in [6.45, 7) is 3.91. The number of amides is 1. The van der Waals surface area contributed by atoms with Crippen LogP contribution in [-0.2, 0) is 4.74 Å². The van der Waals surface area contributed by atoms with E-state index in [1.165, 1.54) is 0 Å². The summed E-state index contributed by atoms with van der Waals surface area (Å²) in [6.07, 6.45) is 3.37. The fourth-order valence-electron chi connectivity index (χ4n) is 5.06. The van der Waals surface area contributed by atoms with Crippen LogP contribution in [0.4, 0.5) is 16.2 Å². The van der Waals surface area contributed by atoms with Crippen molar-refractivity contribution in [3.05, 3.63) is 42.6 Å². The lowest BCUT2D eigenvalue weighted by atomic mass is 10.0. The average Bonchev–Trinajstić information content (AvgIpc) is 3.31. The van der Waals surface area contributed by atoms with Gasteiger partial charge >= 0.3 is 6.09 Å². The van der Waals surface area contributed by atoms with Crippen LogP contribution in [0, 0.1) is 0 Å². The van der Waals surface area contributed by atoms with Gasteiger partial charge in [-0.3, -0.25) is 9.88 Å². The van der Waals surface area contributed by atoms with Crippen molar-refractivity contribution in [2.45, 2.75) is 25.0 Å². The molecule has 2 saturated heterocycles. The number of rotatable bonds is 6. The molecule has 10 heteroatoms. The minimum Gasteiger partial charge on any atom is -0.486 e.